The summed E-state index contributed by atoms with van der Waals surface area (Å²) in [5.41, 5.74) is 2.35. The first-order valence-corrected chi connectivity index (χ1v) is 9.43. The molecule has 2 heteroatoms. The Kier molecular flexibility index (Phi) is 3.78. The third-order valence-corrected chi connectivity index (χ3v) is 5.36. The van der Waals surface area contributed by atoms with Crippen LogP contribution >= 0.6 is 0 Å². The highest BCUT2D eigenvalue weighted by molar-refractivity contribution is 5.88. The summed E-state index contributed by atoms with van der Waals surface area (Å²) < 4.78 is 12.9. The molecular weight excluding hydrogens is 332 g/mol. The molecule has 1 saturated heterocycles. The average Bonchev–Trinajstić information content (AvgIpc) is 3.02. The lowest BCUT2D eigenvalue weighted by molar-refractivity contribution is -0.147. The van der Waals surface area contributed by atoms with Gasteiger partial charge in [0, 0.05) is 0 Å². The quantitative estimate of drug-likeness (QED) is 0.406. The normalized spacial score (nSPS) is 21.7. The first-order valence-electron chi connectivity index (χ1n) is 9.43. The predicted octanol–water partition coefficient (Wildman–Crippen LogP) is 6.56. The van der Waals surface area contributed by atoms with Crippen LogP contribution in [0.1, 0.15) is 37.2 Å². The lowest BCUT2D eigenvalue weighted by atomic mass is 9.91. The Morgan fingerprint density at radius 1 is 0.556 bits per heavy atom. The molecule has 2 nitrogen and oxygen atoms in total. The molecule has 0 bridgehead atoms. The van der Waals surface area contributed by atoms with Gasteiger partial charge in [-0.1, -0.05) is 84.9 Å². The minimum Gasteiger partial charge on any atom is -0.339 e. The lowest BCUT2D eigenvalue weighted by Gasteiger charge is -2.20. The van der Waals surface area contributed by atoms with E-state index < -0.39 is 5.79 Å². The maximum Gasteiger partial charge on any atom is 0.164 e. The number of fused-ring (bicyclic) bond motifs is 2. The summed E-state index contributed by atoms with van der Waals surface area (Å²) in [4.78, 5) is 0. The molecule has 0 aromatic heterocycles. The summed E-state index contributed by atoms with van der Waals surface area (Å²) in [5, 5.41) is 4.88. The maximum atomic E-state index is 6.44. The van der Waals surface area contributed by atoms with Crippen LogP contribution < -0.4 is 0 Å². The van der Waals surface area contributed by atoms with Gasteiger partial charge in [0.2, 0.25) is 0 Å². The van der Waals surface area contributed by atoms with Crippen molar-refractivity contribution in [1.29, 1.82) is 0 Å². The Bertz CT molecular complexity index is 1030. The second-order valence-corrected chi connectivity index (χ2v) is 7.61. The van der Waals surface area contributed by atoms with E-state index in [9.17, 15) is 0 Å². The number of benzene rings is 4. The topological polar surface area (TPSA) is 18.5 Å². The van der Waals surface area contributed by atoms with Gasteiger partial charge in [-0.15, -0.1) is 0 Å². The summed E-state index contributed by atoms with van der Waals surface area (Å²) in [6.07, 6.45) is -0.311. The molecule has 2 atom stereocenters. The first-order chi connectivity index (χ1) is 13.1. The molecule has 1 aliphatic rings. The van der Waals surface area contributed by atoms with E-state index in [1.807, 2.05) is 13.8 Å². The van der Waals surface area contributed by atoms with Crippen molar-refractivity contribution >= 4 is 21.5 Å². The molecule has 1 fully saturated rings. The molecule has 0 unspecified atom stereocenters. The molecule has 4 aromatic rings. The Hall–Kier alpha value is -2.68. The van der Waals surface area contributed by atoms with Crippen LogP contribution in [-0.2, 0) is 9.47 Å². The zero-order valence-corrected chi connectivity index (χ0v) is 15.6. The van der Waals surface area contributed by atoms with E-state index in [1.54, 1.807) is 0 Å². The third-order valence-electron chi connectivity index (χ3n) is 5.36. The average molecular weight is 354 g/mol. The molecule has 0 N–H and O–H groups in total. The molecule has 27 heavy (non-hydrogen) atoms. The Morgan fingerprint density at radius 2 is 0.963 bits per heavy atom. The second-order valence-electron chi connectivity index (χ2n) is 7.61. The summed E-state index contributed by atoms with van der Waals surface area (Å²) in [7, 11) is 0. The highest BCUT2D eigenvalue weighted by Crippen LogP contribution is 2.49. The van der Waals surface area contributed by atoms with Gasteiger partial charge in [-0.05, 0) is 46.5 Å². The van der Waals surface area contributed by atoms with Gasteiger partial charge in [0.1, 0.15) is 12.2 Å². The summed E-state index contributed by atoms with van der Waals surface area (Å²) in [5.74, 6) is -0.636. The molecule has 0 radical (unpaired) electrons. The van der Waals surface area contributed by atoms with Crippen molar-refractivity contribution in [3.63, 3.8) is 0 Å². The van der Waals surface area contributed by atoms with Crippen LogP contribution in [0.3, 0.4) is 0 Å². The van der Waals surface area contributed by atoms with Crippen molar-refractivity contribution in [3.8, 4) is 0 Å². The van der Waals surface area contributed by atoms with Gasteiger partial charge in [-0.2, -0.15) is 0 Å². The van der Waals surface area contributed by atoms with Gasteiger partial charge >= 0.3 is 0 Å². The van der Waals surface area contributed by atoms with E-state index in [0.29, 0.717) is 0 Å². The van der Waals surface area contributed by atoms with Gasteiger partial charge in [-0.25, -0.2) is 0 Å². The second kappa shape index (κ2) is 6.19. The SMILES string of the molecule is CC1(C)O[C@H](c2cccc3ccccc23)[C@@H](c2cccc3ccccc23)O1. The van der Waals surface area contributed by atoms with Crippen molar-refractivity contribution in [3.05, 3.63) is 96.1 Å². The summed E-state index contributed by atoms with van der Waals surface area (Å²) >= 11 is 0. The van der Waals surface area contributed by atoms with Crippen molar-refractivity contribution < 1.29 is 9.47 Å². The van der Waals surface area contributed by atoms with E-state index in [1.165, 1.54) is 32.7 Å². The molecule has 1 heterocycles. The first kappa shape index (κ1) is 16.5. The molecule has 134 valence electrons. The standard InChI is InChI=1S/C25H22O2/c1-25(2)26-23(21-15-7-11-17-9-3-5-13-19(17)21)24(27-25)22-16-8-12-18-10-4-6-14-20(18)22/h3-16,23-24H,1-2H3/t23-,24-/m1/s1. The molecule has 0 amide bonds. The minimum absolute atomic E-state index is 0.156. The molecule has 4 aromatic carbocycles. The van der Waals surface area contributed by atoms with E-state index in [0.717, 1.165) is 0 Å². The van der Waals surface area contributed by atoms with E-state index in [2.05, 4.69) is 84.9 Å². The van der Waals surface area contributed by atoms with Crippen molar-refractivity contribution in [1.82, 2.24) is 0 Å². The van der Waals surface area contributed by atoms with Gasteiger partial charge < -0.3 is 9.47 Å². The van der Waals surface area contributed by atoms with Crippen LogP contribution in [-0.4, -0.2) is 5.79 Å². The Labute approximate surface area is 159 Å². The largest absolute Gasteiger partial charge is 0.339 e. The van der Waals surface area contributed by atoms with Gasteiger partial charge in [0.05, 0.1) is 0 Å². The fraction of sp³-hybridized carbons (Fsp3) is 0.200. The number of hydrogen-bond acceptors (Lipinski definition) is 2. The maximum absolute atomic E-state index is 6.44. The fourth-order valence-electron chi connectivity index (χ4n) is 4.21. The van der Waals surface area contributed by atoms with Crippen LogP contribution in [0.25, 0.3) is 21.5 Å². The van der Waals surface area contributed by atoms with Crippen molar-refractivity contribution in [2.75, 3.05) is 0 Å². The van der Waals surface area contributed by atoms with Crippen LogP contribution in [0, 0.1) is 0 Å². The Morgan fingerprint density at radius 3 is 1.44 bits per heavy atom. The van der Waals surface area contributed by atoms with Gasteiger partial charge in [0.15, 0.2) is 5.79 Å². The molecule has 0 saturated carbocycles. The van der Waals surface area contributed by atoms with Crippen LogP contribution in [0.5, 0.6) is 0 Å². The van der Waals surface area contributed by atoms with Gasteiger partial charge in [-0.3, -0.25) is 0 Å². The van der Waals surface area contributed by atoms with Crippen molar-refractivity contribution in [2.24, 2.45) is 0 Å². The summed E-state index contributed by atoms with van der Waals surface area (Å²) in [6, 6.07) is 29.8. The number of ether oxygens (including phenoxy) is 2. The molecule has 0 aliphatic carbocycles. The number of hydrogen-bond donors (Lipinski definition) is 0. The van der Waals surface area contributed by atoms with Crippen LogP contribution in [0.15, 0.2) is 84.9 Å². The van der Waals surface area contributed by atoms with Gasteiger partial charge in [0.25, 0.3) is 0 Å². The molecular formula is C25H22O2. The van der Waals surface area contributed by atoms with Crippen molar-refractivity contribution in [2.45, 2.75) is 31.8 Å². The molecule has 0 spiro atoms. The van der Waals surface area contributed by atoms with E-state index in [-0.39, 0.29) is 12.2 Å². The predicted molar refractivity (Wildman–Crippen MR) is 110 cm³/mol. The zero-order valence-electron chi connectivity index (χ0n) is 15.6. The minimum atomic E-state index is -0.636. The van der Waals surface area contributed by atoms with Crippen LogP contribution in [0.4, 0.5) is 0 Å². The number of rotatable bonds is 2. The van der Waals surface area contributed by atoms with E-state index in [4.69, 9.17) is 9.47 Å². The smallest absolute Gasteiger partial charge is 0.164 e. The summed E-state index contributed by atoms with van der Waals surface area (Å²) in [6.45, 7) is 3.99. The molecule has 1 aliphatic heterocycles. The highest BCUT2D eigenvalue weighted by atomic mass is 16.7. The third kappa shape index (κ3) is 2.82. The Balaban J connectivity index is 1.71. The monoisotopic (exact) mass is 354 g/mol. The highest BCUT2D eigenvalue weighted by Gasteiger charge is 2.43. The fourth-order valence-corrected chi connectivity index (χ4v) is 4.21. The zero-order chi connectivity index (χ0) is 18.4. The van der Waals surface area contributed by atoms with E-state index >= 15 is 0 Å². The molecule has 5 rings (SSSR count). The van der Waals surface area contributed by atoms with Crippen LogP contribution in [0.2, 0.25) is 0 Å². The lowest BCUT2D eigenvalue weighted by Crippen LogP contribution is -2.20.